The van der Waals surface area contributed by atoms with E-state index in [0.29, 0.717) is 23.8 Å². The number of carbonyl (C=O) groups excluding carboxylic acids is 2. The third-order valence-electron chi connectivity index (χ3n) is 8.16. The van der Waals surface area contributed by atoms with Crippen LogP contribution >= 0.6 is 0 Å². The monoisotopic (exact) mass is 388 g/mol. The van der Waals surface area contributed by atoms with Gasteiger partial charge < -0.3 is 10.2 Å². The maximum Gasteiger partial charge on any atom is 0.223 e. The van der Waals surface area contributed by atoms with Crippen LogP contribution in [-0.2, 0) is 9.59 Å². The first-order valence-corrected chi connectivity index (χ1v) is 12.0. The van der Waals surface area contributed by atoms with E-state index < -0.39 is 0 Å². The Morgan fingerprint density at radius 1 is 1.00 bits per heavy atom. The highest BCUT2D eigenvalue weighted by molar-refractivity contribution is 5.78. The quantitative estimate of drug-likeness (QED) is 0.657. The van der Waals surface area contributed by atoms with Crippen LogP contribution in [-0.4, -0.2) is 35.3 Å². The lowest BCUT2D eigenvalue weighted by molar-refractivity contribution is -0.141. The molecule has 1 N–H and O–H groups in total. The molecule has 5 aliphatic rings. The van der Waals surface area contributed by atoms with E-state index in [9.17, 15) is 9.59 Å². The largest absolute Gasteiger partial charge is 0.353 e. The third-order valence-corrected chi connectivity index (χ3v) is 8.16. The van der Waals surface area contributed by atoms with Crippen molar-refractivity contribution >= 4 is 11.8 Å². The number of rotatable bonds is 8. The van der Waals surface area contributed by atoms with Crippen LogP contribution in [0.3, 0.4) is 0 Å². The topological polar surface area (TPSA) is 49.4 Å². The summed E-state index contributed by atoms with van der Waals surface area (Å²) in [7, 11) is 0. The van der Waals surface area contributed by atoms with Gasteiger partial charge in [0.1, 0.15) is 0 Å². The van der Waals surface area contributed by atoms with Gasteiger partial charge in [-0.25, -0.2) is 0 Å². The molecular formula is C24H40N2O2. The normalized spacial score (nSPS) is 34.2. The van der Waals surface area contributed by atoms with E-state index in [4.69, 9.17) is 0 Å². The molecule has 0 aromatic heterocycles. The van der Waals surface area contributed by atoms with Crippen molar-refractivity contribution < 1.29 is 9.59 Å². The van der Waals surface area contributed by atoms with Crippen LogP contribution in [0.5, 0.6) is 0 Å². The Kier molecular flexibility index (Phi) is 6.04. The molecule has 0 heterocycles. The van der Waals surface area contributed by atoms with Gasteiger partial charge in [-0.1, -0.05) is 12.8 Å². The molecule has 0 spiro atoms. The summed E-state index contributed by atoms with van der Waals surface area (Å²) in [5.41, 5.74) is 0.304. The maximum atomic E-state index is 13.2. The molecule has 4 bridgehead atoms. The Labute approximate surface area is 171 Å². The van der Waals surface area contributed by atoms with Crippen LogP contribution in [0.1, 0.15) is 97.3 Å². The molecule has 5 saturated carbocycles. The lowest BCUT2D eigenvalue weighted by Crippen LogP contribution is -2.49. The lowest BCUT2D eigenvalue weighted by Gasteiger charge is -2.57. The number of hydrogen-bond donors (Lipinski definition) is 1. The minimum atomic E-state index is 0.170. The Hall–Kier alpha value is -1.06. The van der Waals surface area contributed by atoms with Gasteiger partial charge in [0.25, 0.3) is 0 Å². The second-order valence-corrected chi connectivity index (χ2v) is 10.9. The summed E-state index contributed by atoms with van der Waals surface area (Å²) < 4.78 is 0. The number of carbonyl (C=O) groups is 2. The van der Waals surface area contributed by atoms with Gasteiger partial charge in [0, 0.05) is 31.5 Å². The molecule has 0 aliphatic heterocycles. The molecule has 5 aliphatic carbocycles. The summed E-state index contributed by atoms with van der Waals surface area (Å²) in [6, 6.07) is 0.616. The van der Waals surface area contributed by atoms with Gasteiger partial charge in [-0.2, -0.15) is 0 Å². The van der Waals surface area contributed by atoms with Crippen molar-refractivity contribution in [3.8, 4) is 0 Å². The van der Waals surface area contributed by atoms with Gasteiger partial charge in [0.05, 0.1) is 0 Å². The van der Waals surface area contributed by atoms with Crippen molar-refractivity contribution in [1.29, 1.82) is 0 Å². The standard InChI is InChI=1S/C24H40N2O2/c1-17(2)26(9-5-8-22(27)25-21-6-3-4-7-21)23(28)16-24-13-18-10-19(14-24)12-20(11-18)15-24/h17-21H,3-16H2,1-2H3,(H,25,27). The summed E-state index contributed by atoms with van der Waals surface area (Å²) in [5.74, 6) is 3.19. The Morgan fingerprint density at radius 2 is 1.57 bits per heavy atom. The average Bonchev–Trinajstić information content (AvgIpc) is 3.09. The average molecular weight is 389 g/mol. The summed E-state index contributed by atoms with van der Waals surface area (Å²) >= 11 is 0. The molecule has 0 saturated heterocycles. The van der Waals surface area contributed by atoms with E-state index in [1.165, 1.54) is 51.4 Å². The molecule has 28 heavy (non-hydrogen) atoms. The van der Waals surface area contributed by atoms with E-state index in [1.54, 1.807) is 0 Å². The molecule has 0 radical (unpaired) electrons. The Bertz CT molecular complexity index is 544. The summed E-state index contributed by atoms with van der Waals surface area (Å²) in [4.78, 5) is 27.5. The van der Waals surface area contributed by atoms with E-state index >= 15 is 0 Å². The molecule has 4 nitrogen and oxygen atoms in total. The molecule has 0 unspecified atom stereocenters. The molecule has 5 fully saturated rings. The second kappa shape index (κ2) is 8.36. The fraction of sp³-hybridized carbons (Fsp3) is 0.917. The van der Waals surface area contributed by atoms with E-state index in [2.05, 4.69) is 24.1 Å². The fourth-order valence-electron chi connectivity index (χ4n) is 7.38. The maximum absolute atomic E-state index is 13.2. The van der Waals surface area contributed by atoms with Gasteiger partial charge in [0.2, 0.25) is 11.8 Å². The SMILES string of the molecule is CC(C)N(CCCC(=O)NC1CCCC1)C(=O)CC12CC3CC(CC(C3)C1)C2. The smallest absolute Gasteiger partial charge is 0.223 e. The minimum Gasteiger partial charge on any atom is -0.353 e. The van der Waals surface area contributed by atoms with E-state index in [1.807, 2.05) is 0 Å². The molecule has 158 valence electrons. The van der Waals surface area contributed by atoms with E-state index in [0.717, 1.165) is 50.0 Å². The predicted octanol–water partition coefficient (Wildman–Crippen LogP) is 4.67. The summed E-state index contributed by atoms with van der Waals surface area (Å²) in [6.45, 7) is 4.97. The zero-order valence-corrected chi connectivity index (χ0v) is 18.0. The van der Waals surface area contributed by atoms with Gasteiger partial charge in [0.15, 0.2) is 0 Å². The third kappa shape index (κ3) is 4.57. The van der Waals surface area contributed by atoms with Crippen LogP contribution in [0.2, 0.25) is 0 Å². The summed E-state index contributed by atoms with van der Waals surface area (Å²) in [5, 5.41) is 3.17. The van der Waals surface area contributed by atoms with Crippen LogP contribution in [0, 0.1) is 23.2 Å². The second-order valence-electron chi connectivity index (χ2n) is 10.9. The number of nitrogens with one attached hydrogen (secondary N) is 1. The van der Waals surface area contributed by atoms with Crippen LogP contribution < -0.4 is 5.32 Å². The molecule has 0 atom stereocenters. The first-order valence-electron chi connectivity index (χ1n) is 12.0. The van der Waals surface area contributed by atoms with Crippen molar-refractivity contribution in [3.05, 3.63) is 0 Å². The number of hydrogen-bond acceptors (Lipinski definition) is 2. The number of nitrogens with zero attached hydrogens (tertiary/aromatic N) is 1. The highest BCUT2D eigenvalue weighted by Gasteiger charge is 2.51. The van der Waals surface area contributed by atoms with Gasteiger partial charge in [-0.15, -0.1) is 0 Å². The first-order chi connectivity index (χ1) is 13.4. The van der Waals surface area contributed by atoms with Crippen molar-refractivity contribution in [2.24, 2.45) is 23.2 Å². The predicted molar refractivity (Wildman–Crippen MR) is 112 cm³/mol. The molecule has 0 aromatic rings. The van der Waals surface area contributed by atoms with Crippen LogP contribution in [0.15, 0.2) is 0 Å². The van der Waals surface area contributed by atoms with E-state index in [-0.39, 0.29) is 11.9 Å². The molecule has 5 rings (SSSR count). The van der Waals surface area contributed by atoms with Crippen LogP contribution in [0.25, 0.3) is 0 Å². The summed E-state index contributed by atoms with van der Waals surface area (Å²) in [6.07, 6.45) is 15.0. The zero-order chi connectivity index (χ0) is 19.7. The lowest BCUT2D eigenvalue weighted by atomic mass is 9.49. The zero-order valence-electron chi connectivity index (χ0n) is 18.0. The van der Waals surface area contributed by atoms with Crippen molar-refractivity contribution in [2.45, 2.75) is 109 Å². The van der Waals surface area contributed by atoms with Crippen molar-refractivity contribution in [2.75, 3.05) is 6.54 Å². The van der Waals surface area contributed by atoms with Crippen molar-refractivity contribution in [1.82, 2.24) is 10.2 Å². The highest BCUT2D eigenvalue weighted by Crippen LogP contribution is 2.61. The molecular weight excluding hydrogens is 348 g/mol. The fourth-order valence-corrected chi connectivity index (χ4v) is 7.38. The van der Waals surface area contributed by atoms with Crippen molar-refractivity contribution in [3.63, 3.8) is 0 Å². The van der Waals surface area contributed by atoms with Crippen LogP contribution in [0.4, 0.5) is 0 Å². The number of amides is 2. The Morgan fingerprint density at radius 3 is 2.11 bits per heavy atom. The minimum absolute atomic E-state index is 0.170. The molecule has 0 aromatic carbocycles. The first kappa shape index (κ1) is 20.2. The molecule has 2 amide bonds. The highest BCUT2D eigenvalue weighted by atomic mass is 16.2. The van der Waals surface area contributed by atoms with Gasteiger partial charge in [-0.3, -0.25) is 9.59 Å². The molecule has 4 heteroatoms. The van der Waals surface area contributed by atoms with Gasteiger partial charge >= 0.3 is 0 Å². The van der Waals surface area contributed by atoms with Gasteiger partial charge in [-0.05, 0) is 94.8 Å². The Balaban J connectivity index is 1.27.